The van der Waals surface area contributed by atoms with E-state index in [1.807, 2.05) is 0 Å². The van der Waals surface area contributed by atoms with Crippen LogP contribution in [0.2, 0.25) is 0 Å². The van der Waals surface area contributed by atoms with Gasteiger partial charge in [-0.3, -0.25) is 14.9 Å². The molecular weight excluding hydrogens is 298 g/mol. The molecule has 2 rings (SSSR count). The maximum absolute atomic E-state index is 12.1. The molecule has 0 fully saturated rings. The molecule has 7 nitrogen and oxygen atoms in total. The number of non-ortho nitro benzene ring substituents is 1. The van der Waals surface area contributed by atoms with E-state index in [9.17, 15) is 20.0 Å². The fraction of sp³-hybridized carbons (Fsp3) is 0. The standard InChI is InChI=1S/C16H11N3O4/c17-10-12(8-11-4-6-15(20)7-5-11)16(21)18-13-2-1-3-14(9-13)19(22)23/h1-9,20H,(H,18,21). The van der Waals surface area contributed by atoms with Gasteiger partial charge in [0.05, 0.1) is 4.92 Å². The van der Waals surface area contributed by atoms with Crippen LogP contribution in [0.1, 0.15) is 5.56 Å². The number of anilines is 1. The van der Waals surface area contributed by atoms with Gasteiger partial charge in [0, 0.05) is 17.8 Å². The number of carbonyl (C=O) groups excluding carboxylic acids is 1. The zero-order valence-electron chi connectivity index (χ0n) is 11.8. The highest BCUT2D eigenvalue weighted by Gasteiger charge is 2.12. The number of nitrogens with zero attached hydrogens (tertiary/aromatic N) is 2. The lowest BCUT2D eigenvalue weighted by molar-refractivity contribution is -0.384. The van der Waals surface area contributed by atoms with Gasteiger partial charge in [0.25, 0.3) is 11.6 Å². The molecule has 1 amide bonds. The van der Waals surface area contributed by atoms with Gasteiger partial charge in [-0.25, -0.2) is 0 Å². The van der Waals surface area contributed by atoms with Crippen molar-refractivity contribution in [2.75, 3.05) is 5.32 Å². The van der Waals surface area contributed by atoms with E-state index in [4.69, 9.17) is 5.26 Å². The van der Waals surface area contributed by atoms with Crippen LogP contribution in [0.3, 0.4) is 0 Å². The number of amides is 1. The number of nitro groups is 1. The van der Waals surface area contributed by atoms with Crippen LogP contribution in [0.4, 0.5) is 11.4 Å². The van der Waals surface area contributed by atoms with E-state index in [1.54, 1.807) is 18.2 Å². The molecule has 0 aliphatic heterocycles. The maximum Gasteiger partial charge on any atom is 0.271 e. The van der Waals surface area contributed by atoms with Gasteiger partial charge in [-0.1, -0.05) is 18.2 Å². The molecule has 2 aromatic carbocycles. The van der Waals surface area contributed by atoms with Crippen molar-refractivity contribution in [1.82, 2.24) is 0 Å². The topological polar surface area (TPSA) is 116 Å². The Morgan fingerprint density at radius 1 is 1.26 bits per heavy atom. The molecule has 0 heterocycles. The van der Waals surface area contributed by atoms with Crippen molar-refractivity contribution in [2.24, 2.45) is 0 Å². The number of carbonyl (C=O) groups is 1. The maximum atomic E-state index is 12.1. The third-order valence-corrected chi connectivity index (χ3v) is 2.88. The van der Waals surface area contributed by atoms with Crippen LogP contribution in [0.15, 0.2) is 54.1 Å². The van der Waals surface area contributed by atoms with Gasteiger partial charge in [-0.2, -0.15) is 5.26 Å². The molecule has 0 saturated heterocycles. The van der Waals surface area contributed by atoms with Gasteiger partial charge in [-0.05, 0) is 29.8 Å². The zero-order chi connectivity index (χ0) is 16.8. The van der Waals surface area contributed by atoms with Crippen molar-refractivity contribution in [1.29, 1.82) is 5.26 Å². The van der Waals surface area contributed by atoms with Crippen molar-refractivity contribution in [3.8, 4) is 11.8 Å². The normalized spacial score (nSPS) is 10.7. The number of nitrogens with one attached hydrogen (secondary N) is 1. The zero-order valence-corrected chi connectivity index (χ0v) is 11.8. The molecule has 23 heavy (non-hydrogen) atoms. The van der Waals surface area contributed by atoms with Crippen molar-refractivity contribution in [3.63, 3.8) is 0 Å². The first-order valence-corrected chi connectivity index (χ1v) is 6.46. The van der Waals surface area contributed by atoms with E-state index in [2.05, 4.69) is 5.32 Å². The van der Waals surface area contributed by atoms with E-state index in [0.29, 0.717) is 5.56 Å². The second-order valence-corrected chi connectivity index (χ2v) is 4.52. The number of hydrogen-bond donors (Lipinski definition) is 2. The second kappa shape index (κ2) is 6.87. The number of hydrogen-bond acceptors (Lipinski definition) is 5. The van der Waals surface area contributed by atoms with Gasteiger partial charge in [0.2, 0.25) is 0 Å². The van der Waals surface area contributed by atoms with Crippen LogP contribution in [0.5, 0.6) is 5.75 Å². The van der Waals surface area contributed by atoms with Crippen molar-refractivity contribution in [3.05, 3.63) is 69.8 Å². The lowest BCUT2D eigenvalue weighted by Crippen LogP contribution is -2.13. The molecule has 0 saturated carbocycles. The second-order valence-electron chi connectivity index (χ2n) is 4.52. The van der Waals surface area contributed by atoms with Gasteiger partial charge < -0.3 is 10.4 Å². The molecule has 0 bridgehead atoms. The number of nitro benzene ring substituents is 1. The molecule has 0 atom stereocenters. The van der Waals surface area contributed by atoms with Crippen molar-refractivity contribution in [2.45, 2.75) is 0 Å². The third-order valence-electron chi connectivity index (χ3n) is 2.88. The highest BCUT2D eigenvalue weighted by atomic mass is 16.6. The highest BCUT2D eigenvalue weighted by molar-refractivity contribution is 6.09. The van der Waals surface area contributed by atoms with Gasteiger partial charge in [0.1, 0.15) is 17.4 Å². The van der Waals surface area contributed by atoms with E-state index in [0.717, 1.165) is 0 Å². The number of aromatic hydroxyl groups is 1. The summed E-state index contributed by atoms with van der Waals surface area (Å²) in [4.78, 5) is 22.2. The summed E-state index contributed by atoms with van der Waals surface area (Å²) in [7, 11) is 0. The van der Waals surface area contributed by atoms with Crippen molar-refractivity contribution < 1.29 is 14.8 Å². The predicted octanol–water partition coefficient (Wildman–Crippen LogP) is 2.85. The number of benzene rings is 2. The van der Waals surface area contributed by atoms with Crippen LogP contribution >= 0.6 is 0 Å². The molecular formula is C16H11N3O4. The summed E-state index contributed by atoms with van der Waals surface area (Å²) >= 11 is 0. The van der Waals surface area contributed by atoms with E-state index in [1.165, 1.54) is 42.5 Å². The summed E-state index contributed by atoms with van der Waals surface area (Å²) in [6, 6.07) is 13.2. The predicted molar refractivity (Wildman–Crippen MR) is 83.4 cm³/mol. The summed E-state index contributed by atoms with van der Waals surface area (Å²) in [5.74, 6) is -0.609. The fourth-order valence-electron chi connectivity index (χ4n) is 1.78. The Morgan fingerprint density at radius 3 is 2.57 bits per heavy atom. The minimum absolute atomic E-state index is 0.0710. The average molecular weight is 309 g/mol. The molecule has 0 spiro atoms. The van der Waals surface area contributed by atoms with Crippen LogP contribution < -0.4 is 5.32 Å². The molecule has 2 N–H and O–H groups in total. The SMILES string of the molecule is N#CC(=Cc1ccc(O)cc1)C(=O)Nc1cccc([N+](=O)[O-])c1. The average Bonchev–Trinajstić information content (AvgIpc) is 2.54. The molecule has 0 aliphatic carbocycles. The summed E-state index contributed by atoms with van der Waals surface area (Å²) in [6.07, 6.45) is 1.35. The molecule has 0 unspecified atom stereocenters. The molecule has 0 radical (unpaired) electrons. The quantitative estimate of drug-likeness (QED) is 0.390. The largest absolute Gasteiger partial charge is 0.508 e. The minimum atomic E-state index is -0.680. The summed E-state index contributed by atoms with van der Waals surface area (Å²) in [5.41, 5.74) is 0.454. The molecule has 0 aromatic heterocycles. The Labute approximate surface area is 131 Å². The monoisotopic (exact) mass is 309 g/mol. The lowest BCUT2D eigenvalue weighted by atomic mass is 10.1. The Morgan fingerprint density at radius 2 is 1.96 bits per heavy atom. The van der Waals surface area contributed by atoms with Crippen LogP contribution in [0, 0.1) is 21.4 Å². The highest BCUT2D eigenvalue weighted by Crippen LogP contribution is 2.18. The first kappa shape index (κ1) is 15.7. The lowest BCUT2D eigenvalue weighted by Gasteiger charge is -2.04. The van der Waals surface area contributed by atoms with Gasteiger partial charge in [0.15, 0.2) is 0 Å². The first-order chi connectivity index (χ1) is 11.0. The number of phenols is 1. The Balaban J connectivity index is 2.21. The third kappa shape index (κ3) is 4.15. The van der Waals surface area contributed by atoms with E-state index < -0.39 is 10.8 Å². The Kier molecular flexibility index (Phi) is 4.69. The molecule has 114 valence electrons. The summed E-state index contributed by atoms with van der Waals surface area (Å²) < 4.78 is 0. The molecule has 0 aliphatic rings. The first-order valence-electron chi connectivity index (χ1n) is 6.46. The van der Waals surface area contributed by atoms with Gasteiger partial charge >= 0.3 is 0 Å². The van der Waals surface area contributed by atoms with Crippen LogP contribution in [0.25, 0.3) is 6.08 Å². The fourth-order valence-corrected chi connectivity index (χ4v) is 1.78. The van der Waals surface area contributed by atoms with Gasteiger partial charge in [-0.15, -0.1) is 0 Å². The number of phenolic OH excluding ortho intramolecular Hbond substituents is 1. The van der Waals surface area contributed by atoms with Crippen molar-refractivity contribution >= 4 is 23.4 Å². The molecule has 2 aromatic rings. The summed E-state index contributed by atoms with van der Waals surface area (Å²) in [6.45, 7) is 0. The number of nitriles is 1. The van der Waals surface area contributed by atoms with E-state index >= 15 is 0 Å². The summed E-state index contributed by atoms with van der Waals surface area (Å²) in [5, 5.41) is 31.4. The van der Waals surface area contributed by atoms with E-state index in [-0.39, 0.29) is 22.7 Å². The Bertz CT molecular complexity index is 820. The minimum Gasteiger partial charge on any atom is -0.508 e. The number of rotatable bonds is 4. The smallest absolute Gasteiger partial charge is 0.271 e. The Hall–Kier alpha value is -3.66. The van der Waals surface area contributed by atoms with Crippen LogP contribution in [-0.2, 0) is 4.79 Å². The molecule has 7 heteroatoms. The van der Waals surface area contributed by atoms with Crippen LogP contribution in [-0.4, -0.2) is 15.9 Å².